The lowest BCUT2D eigenvalue weighted by Crippen LogP contribution is -2.44. The molecule has 0 radical (unpaired) electrons. The molecular formula is C20H29NO6. The van der Waals surface area contributed by atoms with Crippen molar-refractivity contribution in [3.05, 3.63) is 17.7 Å². The molecule has 0 aliphatic carbocycles. The molecule has 1 aromatic carbocycles. The number of carboxylic acid groups (broad SMARTS) is 1. The second-order valence-corrected chi connectivity index (χ2v) is 6.70. The van der Waals surface area contributed by atoms with Crippen molar-refractivity contribution >= 4 is 11.9 Å². The Hall–Kier alpha value is -2.44. The number of amides is 1. The first-order chi connectivity index (χ1) is 13.0. The number of carboxylic acids is 1. The van der Waals surface area contributed by atoms with E-state index < -0.39 is 5.97 Å². The fourth-order valence-corrected chi connectivity index (χ4v) is 3.59. The number of aliphatic carboxylic acids is 1. The highest BCUT2D eigenvalue weighted by molar-refractivity contribution is 5.77. The number of likely N-dealkylation sites (tertiary alicyclic amines) is 1. The molecule has 7 nitrogen and oxygen atoms in total. The van der Waals surface area contributed by atoms with Crippen LogP contribution in [0, 0.1) is 0 Å². The molecule has 1 aromatic rings. The molecule has 1 saturated heterocycles. The molecule has 1 N–H and O–H groups in total. The minimum absolute atomic E-state index is 0.0299. The quantitative estimate of drug-likeness (QED) is 0.710. The van der Waals surface area contributed by atoms with Gasteiger partial charge >= 0.3 is 5.97 Å². The summed E-state index contributed by atoms with van der Waals surface area (Å²) in [6, 6.07) is 3.74. The molecule has 2 rings (SSSR count). The summed E-state index contributed by atoms with van der Waals surface area (Å²) >= 11 is 0. The van der Waals surface area contributed by atoms with Gasteiger partial charge in [-0.1, -0.05) is 0 Å². The minimum Gasteiger partial charge on any atom is -0.493 e. The van der Waals surface area contributed by atoms with Gasteiger partial charge in [0.15, 0.2) is 11.5 Å². The third-order valence-corrected chi connectivity index (χ3v) is 4.99. The Labute approximate surface area is 160 Å². The maximum atomic E-state index is 12.7. The van der Waals surface area contributed by atoms with Crippen LogP contribution in [-0.4, -0.2) is 55.8 Å². The third-order valence-electron chi connectivity index (χ3n) is 4.99. The van der Waals surface area contributed by atoms with Crippen molar-refractivity contribution in [1.29, 1.82) is 0 Å². The van der Waals surface area contributed by atoms with Crippen molar-refractivity contribution in [3.63, 3.8) is 0 Å². The summed E-state index contributed by atoms with van der Waals surface area (Å²) in [5, 5.41) is 8.93. The van der Waals surface area contributed by atoms with Crippen molar-refractivity contribution in [2.45, 2.75) is 51.0 Å². The van der Waals surface area contributed by atoms with Gasteiger partial charge in [-0.15, -0.1) is 0 Å². The van der Waals surface area contributed by atoms with Gasteiger partial charge in [-0.05, 0) is 49.8 Å². The Morgan fingerprint density at radius 3 is 2.30 bits per heavy atom. The lowest BCUT2D eigenvalue weighted by Gasteiger charge is -2.36. The van der Waals surface area contributed by atoms with E-state index in [0.717, 1.165) is 24.8 Å². The molecule has 150 valence electrons. The highest BCUT2D eigenvalue weighted by atomic mass is 16.5. The van der Waals surface area contributed by atoms with Crippen molar-refractivity contribution in [1.82, 2.24) is 4.90 Å². The SMILES string of the molecule is COc1cc(CCC(=O)N2CCCCC2CCC(=O)O)cc(OC)c1OC. The summed E-state index contributed by atoms with van der Waals surface area (Å²) in [4.78, 5) is 25.5. The number of carbonyl (C=O) groups excluding carboxylic acids is 1. The Balaban J connectivity index is 2.04. The van der Waals surface area contributed by atoms with E-state index in [2.05, 4.69) is 0 Å². The number of ether oxygens (including phenoxy) is 3. The van der Waals surface area contributed by atoms with E-state index in [1.54, 1.807) is 21.3 Å². The Bertz CT molecular complexity index is 635. The Kier molecular flexibility index (Phi) is 7.76. The van der Waals surface area contributed by atoms with Crippen LogP contribution < -0.4 is 14.2 Å². The van der Waals surface area contributed by atoms with Crippen LogP contribution >= 0.6 is 0 Å². The van der Waals surface area contributed by atoms with Crippen LogP contribution in [0.15, 0.2) is 12.1 Å². The van der Waals surface area contributed by atoms with Crippen LogP contribution in [0.25, 0.3) is 0 Å². The predicted octanol–water partition coefficient (Wildman–Crippen LogP) is 2.89. The Morgan fingerprint density at radius 1 is 1.07 bits per heavy atom. The first-order valence-corrected chi connectivity index (χ1v) is 9.30. The van der Waals surface area contributed by atoms with Gasteiger partial charge in [-0.2, -0.15) is 0 Å². The average Bonchev–Trinajstić information content (AvgIpc) is 2.69. The number of methoxy groups -OCH3 is 3. The fourth-order valence-electron chi connectivity index (χ4n) is 3.59. The lowest BCUT2D eigenvalue weighted by atomic mass is 9.97. The van der Waals surface area contributed by atoms with Gasteiger partial charge in [-0.25, -0.2) is 0 Å². The van der Waals surface area contributed by atoms with Gasteiger partial charge in [0.2, 0.25) is 11.7 Å². The average molecular weight is 379 g/mol. The molecule has 7 heteroatoms. The Morgan fingerprint density at radius 2 is 1.74 bits per heavy atom. The molecule has 27 heavy (non-hydrogen) atoms. The van der Waals surface area contributed by atoms with E-state index in [1.807, 2.05) is 17.0 Å². The van der Waals surface area contributed by atoms with Crippen LogP contribution in [0.2, 0.25) is 0 Å². The molecule has 1 aliphatic heterocycles. The first-order valence-electron chi connectivity index (χ1n) is 9.30. The number of hydrogen-bond donors (Lipinski definition) is 1. The van der Waals surface area contributed by atoms with Gasteiger partial charge in [0, 0.05) is 25.4 Å². The van der Waals surface area contributed by atoms with Crippen molar-refractivity contribution in [2.24, 2.45) is 0 Å². The highest BCUT2D eigenvalue weighted by Crippen LogP contribution is 2.38. The van der Waals surface area contributed by atoms with Crippen molar-refractivity contribution in [2.75, 3.05) is 27.9 Å². The van der Waals surface area contributed by atoms with Gasteiger partial charge < -0.3 is 24.2 Å². The number of piperidine rings is 1. The molecule has 1 aliphatic rings. The molecule has 1 atom stereocenters. The standard InChI is InChI=1S/C20H29NO6/c1-25-16-12-14(13-17(26-2)20(16)27-3)7-9-18(22)21-11-5-4-6-15(21)8-10-19(23)24/h12-13,15H,4-11H2,1-3H3,(H,23,24). The molecule has 0 aromatic heterocycles. The number of aryl methyl sites for hydroxylation is 1. The van der Waals surface area contributed by atoms with Crippen LogP contribution in [0.1, 0.15) is 44.1 Å². The van der Waals surface area contributed by atoms with E-state index in [1.165, 1.54) is 0 Å². The van der Waals surface area contributed by atoms with Gasteiger partial charge in [0.05, 0.1) is 21.3 Å². The minimum atomic E-state index is -0.814. The number of hydrogen-bond acceptors (Lipinski definition) is 5. The molecular weight excluding hydrogens is 350 g/mol. The second kappa shape index (κ2) is 10.0. The zero-order chi connectivity index (χ0) is 19.8. The fraction of sp³-hybridized carbons (Fsp3) is 0.600. The van der Waals surface area contributed by atoms with Crippen LogP contribution in [0.5, 0.6) is 17.2 Å². The molecule has 0 bridgehead atoms. The molecule has 0 saturated carbocycles. The monoisotopic (exact) mass is 379 g/mol. The number of rotatable bonds is 9. The number of nitrogens with zero attached hydrogens (tertiary/aromatic N) is 1. The maximum absolute atomic E-state index is 12.7. The summed E-state index contributed by atoms with van der Waals surface area (Å²) in [5.41, 5.74) is 0.928. The van der Waals surface area contributed by atoms with Crippen LogP contribution in [0.3, 0.4) is 0 Å². The number of carbonyl (C=O) groups is 2. The summed E-state index contributed by atoms with van der Waals surface area (Å²) < 4.78 is 16.0. The number of benzene rings is 1. The second-order valence-electron chi connectivity index (χ2n) is 6.70. The van der Waals surface area contributed by atoms with Gasteiger partial charge in [-0.3, -0.25) is 9.59 Å². The topological polar surface area (TPSA) is 85.3 Å². The zero-order valence-corrected chi connectivity index (χ0v) is 16.3. The predicted molar refractivity (Wildman–Crippen MR) is 101 cm³/mol. The van der Waals surface area contributed by atoms with Gasteiger partial charge in [0.1, 0.15) is 0 Å². The van der Waals surface area contributed by atoms with E-state index in [4.69, 9.17) is 19.3 Å². The summed E-state index contributed by atoms with van der Waals surface area (Å²) in [7, 11) is 4.68. The van der Waals surface area contributed by atoms with Crippen LogP contribution in [0.4, 0.5) is 0 Å². The van der Waals surface area contributed by atoms with E-state index >= 15 is 0 Å². The third kappa shape index (κ3) is 5.52. The van der Waals surface area contributed by atoms with Crippen LogP contribution in [-0.2, 0) is 16.0 Å². The molecule has 1 amide bonds. The van der Waals surface area contributed by atoms with Gasteiger partial charge in [0.25, 0.3) is 0 Å². The largest absolute Gasteiger partial charge is 0.493 e. The lowest BCUT2D eigenvalue weighted by molar-refractivity contribution is -0.140. The van der Waals surface area contributed by atoms with Crippen molar-refractivity contribution < 1.29 is 28.9 Å². The zero-order valence-electron chi connectivity index (χ0n) is 16.3. The van der Waals surface area contributed by atoms with E-state index in [9.17, 15) is 9.59 Å². The summed E-state index contributed by atoms with van der Waals surface area (Å²) in [6.07, 6.45) is 4.43. The molecule has 1 fully saturated rings. The summed E-state index contributed by atoms with van der Waals surface area (Å²) in [5.74, 6) is 0.914. The summed E-state index contributed by atoms with van der Waals surface area (Å²) in [6.45, 7) is 0.707. The maximum Gasteiger partial charge on any atom is 0.303 e. The highest BCUT2D eigenvalue weighted by Gasteiger charge is 2.26. The smallest absolute Gasteiger partial charge is 0.303 e. The van der Waals surface area contributed by atoms with E-state index in [0.29, 0.717) is 43.1 Å². The molecule has 0 spiro atoms. The van der Waals surface area contributed by atoms with Crippen molar-refractivity contribution in [3.8, 4) is 17.2 Å². The molecule has 1 heterocycles. The first kappa shape index (κ1) is 20.9. The normalized spacial score (nSPS) is 16.7. The van der Waals surface area contributed by atoms with E-state index in [-0.39, 0.29) is 18.4 Å². The molecule has 1 unspecified atom stereocenters.